The van der Waals surface area contributed by atoms with Gasteiger partial charge in [-0.2, -0.15) is 0 Å². The quantitative estimate of drug-likeness (QED) is 0.756. The maximum atomic E-state index is 6.22. The molecule has 2 rings (SSSR count). The molecule has 3 heteroatoms. The fourth-order valence-electron chi connectivity index (χ4n) is 2.13. The van der Waals surface area contributed by atoms with E-state index in [1.807, 2.05) is 12.1 Å². The van der Waals surface area contributed by atoms with Gasteiger partial charge < -0.3 is 5.32 Å². The van der Waals surface area contributed by atoms with Gasteiger partial charge in [0.1, 0.15) is 0 Å². The molecule has 0 saturated carbocycles. The van der Waals surface area contributed by atoms with Crippen LogP contribution in [-0.2, 0) is 0 Å². The summed E-state index contributed by atoms with van der Waals surface area (Å²) in [5.41, 5.74) is 4.62. The minimum atomic E-state index is 0.104. The van der Waals surface area contributed by atoms with E-state index in [0.29, 0.717) is 5.02 Å². The lowest BCUT2D eigenvalue weighted by atomic mass is 10.1. The summed E-state index contributed by atoms with van der Waals surface area (Å²) in [6.07, 6.45) is 0. The fraction of sp³-hybridized carbons (Fsp3) is 0.250. The van der Waals surface area contributed by atoms with Crippen LogP contribution in [0, 0.1) is 13.8 Å². The van der Waals surface area contributed by atoms with Crippen LogP contribution in [0.5, 0.6) is 0 Å². The summed E-state index contributed by atoms with van der Waals surface area (Å²) in [5, 5.41) is 4.91. The van der Waals surface area contributed by atoms with Crippen molar-refractivity contribution in [2.75, 3.05) is 5.32 Å². The Morgan fingerprint density at radius 3 is 2.42 bits per heavy atom. The van der Waals surface area contributed by atoms with Gasteiger partial charge >= 0.3 is 0 Å². The predicted octanol–water partition coefficient (Wildman–Crippen LogP) is 5.78. The van der Waals surface area contributed by atoms with Gasteiger partial charge in [0.25, 0.3) is 0 Å². The monoisotopic (exact) mass is 293 g/mol. The van der Waals surface area contributed by atoms with Gasteiger partial charge in [-0.05, 0) is 56.2 Å². The molecule has 0 aliphatic carbocycles. The molecule has 0 fully saturated rings. The van der Waals surface area contributed by atoms with Crippen molar-refractivity contribution in [2.24, 2.45) is 0 Å². The average Bonchev–Trinajstić information content (AvgIpc) is 2.35. The number of hydrogen-bond acceptors (Lipinski definition) is 1. The topological polar surface area (TPSA) is 12.0 Å². The molecule has 0 aliphatic heterocycles. The minimum absolute atomic E-state index is 0.104. The second-order valence-electron chi connectivity index (χ2n) is 4.85. The van der Waals surface area contributed by atoms with Gasteiger partial charge in [-0.1, -0.05) is 40.9 Å². The zero-order valence-electron chi connectivity index (χ0n) is 11.3. The molecule has 0 radical (unpaired) electrons. The van der Waals surface area contributed by atoms with E-state index in [4.69, 9.17) is 23.2 Å². The van der Waals surface area contributed by atoms with E-state index in [0.717, 1.165) is 16.3 Å². The van der Waals surface area contributed by atoms with Crippen LogP contribution < -0.4 is 5.32 Å². The van der Waals surface area contributed by atoms with Gasteiger partial charge in [0.05, 0.1) is 6.04 Å². The first-order valence-electron chi connectivity index (χ1n) is 6.26. The molecule has 0 unspecified atom stereocenters. The summed E-state index contributed by atoms with van der Waals surface area (Å²) in [4.78, 5) is 0. The van der Waals surface area contributed by atoms with Crippen LogP contribution in [0.25, 0.3) is 0 Å². The molecule has 0 aliphatic rings. The number of rotatable bonds is 3. The third-order valence-electron chi connectivity index (χ3n) is 3.18. The third kappa shape index (κ3) is 3.43. The number of halogens is 2. The molecule has 2 aromatic carbocycles. The van der Waals surface area contributed by atoms with Gasteiger partial charge in [0.2, 0.25) is 0 Å². The summed E-state index contributed by atoms with van der Waals surface area (Å²) in [6, 6.07) is 12.0. The number of benzene rings is 2. The Morgan fingerprint density at radius 1 is 1.00 bits per heavy atom. The molecular weight excluding hydrogens is 277 g/mol. The second kappa shape index (κ2) is 5.85. The molecule has 1 N–H and O–H groups in total. The van der Waals surface area contributed by atoms with Crippen molar-refractivity contribution in [1.29, 1.82) is 0 Å². The van der Waals surface area contributed by atoms with Crippen LogP contribution >= 0.6 is 23.2 Å². The van der Waals surface area contributed by atoms with Crippen molar-refractivity contribution in [3.63, 3.8) is 0 Å². The second-order valence-corrected chi connectivity index (χ2v) is 5.69. The van der Waals surface area contributed by atoms with E-state index < -0.39 is 0 Å². The molecular formula is C16H17Cl2N. The Kier molecular flexibility index (Phi) is 4.38. The summed E-state index contributed by atoms with van der Waals surface area (Å²) >= 11 is 12.3. The third-order valence-corrected chi connectivity index (χ3v) is 3.76. The van der Waals surface area contributed by atoms with Crippen molar-refractivity contribution in [3.05, 3.63) is 63.1 Å². The SMILES string of the molecule is Cc1ccc(N[C@@H](C)c2cc(Cl)ccc2Cl)c(C)c1. The van der Waals surface area contributed by atoms with Crippen LogP contribution in [0.3, 0.4) is 0 Å². The minimum Gasteiger partial charge on any atom is -0.378 e. The Bertz CT molecular complexity index is 593. The highest BCUT2D eigenvalue weighted by Crippen LogP contribution is 2.29. The first-order chi connectivity index (χ1) is 8.97. The van der Waals surface area contributed by atoms with Crippen molar-refractivity contribution in [1.82, 2.24) is 0 Å². The maximum absolute atomic E-state index is 6.22. The summed E-state index contributed by atoms with van der Waals surface area (Å²) in [6.45, 7) is 6.27. The van der Waals surface area contributed by atoms with Crippen molar-refractivity contribution < 1.29 is 0 Å². The van der Waals surface area contributed by atoms with Gasteiger partial charge in [-0.25, -0.2) is 0 Å². The number of hydrogen-bond donors (Lipinski definition) is 1. The van der Waals surface area contributed by atoms with E-state index >= 15 is 0 Å². The van der Waals surface area contributed by atoms with Gasteiger partial charge in [0, 0.05) is 15.7 Å². The molecule has 0 aromatic heterocycles. The molecule has 0 amide bonds. The van der Waals surface area contributed by atoms with Gasteiger partial charge in [0.15, 0.2) is 0 Å². The van der Waals surface area contributed by atoms with Crippen LogP contribution in [0.15, 0.2) is 36.4 Å². The van der Waals surface area contributed by atoms with Crippen LogP contribution in [0.4, 0.5) is 5.69 Å². The molecule has 0 bridgehead atoms. The number of anilines is 1. The van der Waals surface area contributed by atoms with E-state index in [1.165, 1.54) is 11.1 Å². The number of nitrogens with one attached hydrogen (secondary N) is 1. The molecule has 19 heavy (non-hydrogen) atoms. The highest BCUT2D eigenvalue weighted by Gasteiger charge is 2.11. The molecule has 0 heterocycles. The first kappa shape index (κ1) is 14.2. The Labute approximate surface area is 124 Å². The van der Waals surface area contributed by atoms with E-state index in [2.05, 4.69) is 44.3 Å². The van der Waals surface area contributed by atoms with E-state index in [9.17, 15) is 0 Å². The lowest BCUT2D eigenvalue weighted by Crippen LogP contribution is -2.08. The molecule has 1 nitrogen and oxygen atoms in total. The highest BCUT2D eigenvalue weighted by molar-refractivity contribution is 6.33. The first-order valence-corrected chi connectivity index (χ1v) is 7.01. The lowest BCUT2D eigenvalue weighted by Gasteiger charge is -2.19. The fourth-order valence-corrected chi connectivity index (χ4v) is 2.59. The smallest absolute Gasteiger partial charge is 0.0501 e. The standard InChI is InChI=1S/C16H17Cl2N/c1-10-4-7-16(11(2)8-10)19-12(3)14-9-13(17)5-6-15(14)18/h4-9,12,19H,1-3H3/t12-/m0/s1. The maximum Gasteiger partial charge on any atom is 0.0501 e. The van der Waals surface area contributed by atoms with E-state index in [1.54, 1.807) is 6.07 Å². The normalized spacial score (nSPS) is 12.3. The highest BCUT2D eigenvalue weighted by atomic mass is 35.5. The summed E-state index contributed by atoms with van der Waals surface area (Å²) in [5.74, 6) is 0. The Hall–Kier alpha value is -1.18. The Morgan fingerprint density at radius 2 is 1.74 bits per heavy atom. The summed E-state index contributed by atoms with van der Waals surface area (Å²) in [7, 11) is 0. The van der Waals surface area contributed by atoms with Gasteiger partial charge in [-0.3, -0.25) is 0 Å². The lowest BCUT2D eigenvalue weighted by molar-refractivity contribution is 0.883. The number of aryl methyl sites for hydroxylation is 2. The molecule has 0 spiro atoms. The van der Waals surface area contributed by atoms with Crippen LogP contribution in [-0.4, -0.2) is 0 Å². The predicted molar refractivity (Wildman–Crippen MR) is 84.4 cm³/mol. The zero-order valence-corrected chi connectivity index (χ0v) is 12.8. The van der Waals surface area contributed by atoms with Gasteiger partial charge in [-0.15, -0.1) is 0 Å². The molecule has 1 atom stereocenters. The zero-order chi connectivity index (χ0) is 14.0. The van der Waals surface area contributed by atoms with Crippen molar-refractivity contribution in [3.8, 4) is 0 Å². The van der Waals surface area contributed by atoms with E-state index in [-0.39, 0.29) is 6.04 Å². The van der Waals surface area contributed by atoms with Crippen molar-refractivity contribution in [2.45, 2.75) is 26.8 Å². The van der Waals surface area contributed by atoms with Crippen LogP contribution in [0.2, 0.25) is 10.0 Å². The van der Waals surface area contributed by atoms with Crippen molar-refractivity contribution >= 4 is 28.9 Å². The molecule has 2 aromatic rings. The molecule has 0 saturated heterocycles. The van der Waals surface area contributed by atoms with Crippen LogP contribution in [0.1, 0.15) is 29.7 Å². The average molecular weight is 294 g/mol. The molecule has 100 valence electrons. The summed E-state index contributed by atoms with van der Waals surface area (Å²) < 4.78 is 0. The largest absolute Gasteiger partial charge is 0.378 e. The Balaban J connectivity index is 2.25.